The smallest absolute Gasteiger partial charge is 0.318 e. The standard InChI is InChI=1S/C19H29N3O2/c1-2-21-11-9-16(10-12-21)20-19(24)22(13-14-23)18-8-7-15-5-3-4-6-17(15)18/h3-6,16,18,23H,2,7-14H2,1H3,(H,20,24). The zero-order chi connectivity index (χ0) is 16.9. The minimum absolute atomic E-state index is 0.000363. The zero-order valence-electron chi connectivity index (χ0n) is 14.6. The van der Waals surface area contributed by atoms with Crippen molar-refractivity contribution in [2.24, 2.45) is 0 Å². The van der Waals surface area contributed by atoms with Gasteiger partial charge < -0.3 is 20.2 Å². The molecule has 0 radical (unpaired) electrons. The van der Waals surface area contributed by atoms with Crippen LogP contribution in [0.4, 0.5) is 4.79 Å². The maximum Gasteiger partial charge on any atom is 0.318 e. The number of nitrogens with zero attached hydrogens (tertiary/aromatic N) is 2. The number of nitrogens with one attached hydrogen (secondary N) is 1. The van der Waals surface area contributed by atoms with E-state index < -0.39 is 0 Å². The first-order valence-corrected chi connectivity index (χ1v) is 9.21. The Hall–Kier alpha value is -1.59. The van der Waals surface area contributed by atoms with Crippen LogP contribution >= 0.6 is 0 Å². The quantitative estimate of drug-likeness (QED) is 0.869. The molecule has 1 heterocycles. The fourth-order valence-electron chi connectivity index (χ4n) is 4.02. The van der Waals surface area contributed by atoms with E-state index in [0.29, 0.717) is 6.54 Å². The number of aryl methyl sites for hydroxylation is 1. The largest absolute Gasteiger partial charge is 0.395 e. The molecule has 1 aliphatic heterocycles. The van der Waals surface area contributed by atoms with E-state index in [1.165, 1.54) is 11.1 Å². The number of carbonyl (C=O) groups excluding carboxylic acids is 1. The first-order chi connectivity index (χ1) is 11.7. The molecule has 1 aliphatic carbocycles. The lowest BCUT2D eigenvalue weighted by molar-refractivity contribution is 0.141. The molecular formula is C19H29N3O2. The van der Waals surface area contributed by atoms with Crippen molar-refractivity contribution in [1.29, 1.82) is 0 Å². The second-order valence-corrected chi connectivity index (χ2v) is 6.83. The lowest BCUT2D eigenvalue weighted by Crippen LogP contribution is -2.50. The minimum Gasteiger partial charge on any atom is -0.395 e. The highest BCUT2D eigenvalue weighted by Gasteiger charge is 2.31. The molecule has 1 saturated heterocycles. The molecule has 0 spiro atoms. The molecule has 1 aromatic rings. The summed E-state index contributed by atoms with van der Waals surface area (Å²) in [6.07, 6.45) is 3.97. The molecule has 5 nitrogen and oxygen atoms in total. The first-order valence-electron chi connectivity index (χ1n) is 9.21. The minimum atomic E-state index is -0.0271. The number of fused-ring (bicyclic) bond motifs is 1. The Labute approximate surface area is 144 Å². The molecule has 3 rings (SSSR count). The van der Waals surface area contributed by atoms with Crippen LogP contribution in [0.2, 0.25) is 0 Å². The van der Waals surface area contributed by atoms with E-state index in [1.807, 2.05) is 11.0 Å². The van der Waals surface area contributed by atoms with E-state index >= 15 is 0 Å². The highest BCUT2D eigenvalue weighted by molar-refractivity contribution is 5.75. The lowest BCUT2D eigenvalue weighted by Gasteiger charge is -2.35. The summed E-state index contributed by atoms with van der Waals surface area (Å²) in [5.41, 5.74) is 2.57. The van der Waals surface area contributed by atoms with Crippen molar-refractivity contribution in [3.8, 4) is 0 Å². The molecular weight excluding hydrogens is 302 g/mol. The van der Waals surface area contributed by atoms with Gasteiger partial charge in [0.2, 0.25) is 0 Å². The Morgan fingerprint density at radius 3 is 2.75 bits per heavy atom. The van der Waals surface area contributed by atoms with Crippen molar-refractivity contribution in [3.63, 3.8) is 0 Å². The van der Waals surface area contributed by atoms with E-state index in [1.54, 1.807) is 0 Å². The average Bonchev–Trinajstić information content (AvgIpc) is 3.04. The number of benzene rings is 1. The molecule has 24 heavy (non-hydrogen) atoms. The topological polar surface area (TPSA) is 55.8 Å². The predicted molar refractivity (Wildman–Crippen MR) is 95.0 cm³/mol. The molecule has 0 aromatic heterocycles. The number of amides is 2. The van der Waals surface area contributed by atoms with Gasteiger partial charge in [-0.3, -0.25) is 0 Å². The van der Waals surface area contributed by atoms with Crippen molar-refractivity contribution < 1.29 is 9.90 Å². The number of carbonyl (C=O) groups is 1. The van der Waals surface area contributed by atoms with Crippen LogP contribution < -0.4 is 5.32 Å². The maximum atomic E-state index is 12.8. The Balaban J connectivity index is 1.64. The lowest BCUT2D eigenvalue weighted by atomic mass is 10.0. The summed E-state index contributed by atoms with van der Waals surface area (Å²) < 4.78 is 0. The first kappa shape index (κ1) is 17.2. The molecule has 1 unspecified atom stereocenters. The van der Waals surface area contributed by atoms with Gasteiger partial charge in [-0.25, -0.2) is 4.79 Å². The molecule has 1 aromatic carbocycles. The van der Waals surface area contributed by atoms with Gasteiger partial charge in [0.1, 0.15) is 0 Å². The number of aliphatic hydroxyl groups excluding tert-OH is 1. The molecule has 2 amide bonds. The van der Waals surface area contributed by atoms with Crippen molar-refractivity contribution in [2.45, 2.75) is 44.7 Å². The van der Waals surface area contributed by atoms with Crippen LogP contribution in [0, 0.1) is 0 Å². The van der Waals surface area contributed by atoms with Gasteiger partial charge in [-0.2, -0.15) is 0 Å². The van der Waals surface area contributed by atoms with E-state index in [-0.39, 0.29) is 24.7 Å². The third-order valence-electron chi connectivity index (χ3n) is 5.44. The van der Waals surface area contributed by atoms with Crippen molar-refractivity contribution >= 4 is 6.03 Å². The number of rotatable bonds is 5. The van der Waals surface area contributed by atoms with Crippen LogP contribution in [-0.4, -0.2) is 59.8 Å². The summed E-state index contributed by atoms with van der Waals surface area (Å²) in [6.45, 7) is 5.75. The molecule has 0 saturated carbocycles. The summed E-state index contributed by atoms with van der Waals surface area (Å²) in [5.74, 6) is 0. The third-order valence-corrected chi connectivity index (χ3v) is 5.44. The van der Waals surface area contributed by atoms with Crippen LogP contribution in [0.25, 0.3) is 0 Å². The summed E-state index contributed by atoms with van der Waals surface area (Å²) in [7, 11) is 0. The Morgan fingerprint density at radius 2 is 2.04 bits per heavy atom. The average molecular weight is 331 g/mol. The molecule has 0 bridgehead atoms. The highest BCUT2D eigenvalue weighted by Crippen LogP contribution is 2.35. The summed E-state index contributed by atoms with van der Waals surface area (Å²) in [4.78, 5) is 17.1. The molecule has 2 N–H and O–H groups in total. The van der Waals surface area contributed by atoms with Crippen LogP contribution in [0.5, 0.6) is 0 Å². The van der Waals surface area contributed by atoms with E-state index in [0.717, 1.165) is 45.3 Å². The number of hydrogen-bond acceptors (Lipinski definition) is 3. The van der Waals surface area contributed by atoms with Crippen LogP contribution in [0.15, 0.2) is 24.3 Å². The van der Waals surface area contributed by atoms with Crippen molar-refractivity contribution in [1.82, 2.24) is 15.1 Å². The molecule has 2 aliphatic rings. The second-order valence-electron chi connectivity index (χ2n) is 6.83. The summed E-state index contributed by atoms with van der Waals surface area (Å²) >= 11 is 0. The molecule has 1 fully saturated rings. The molecule has 132 valence electrons. The van der Waals surface area contributed by atoms with Gasteiger partial charge in [0.25, 0.3) is 0 Å². The van der Waals surface area contributed by atoms with Gasteiger partial charge in [0.05, 0.1) is 12.6 Å². The van der Waals surface area contributed by atoms with Crippen LogP contribution in [-0.2, 0) is 6.42 Å². The second kappa shape index (κ2) is 7.99. The van der Waals surface area contributed by atoms with E-state index in [4.69, 9.17) is 0 Å². The Kier molecular flexibility index (Phi) is 5.74. The zero-order valence-corrected chi connectivity index (χ0v) is 14.6. The van der Waals surface area contributed by atoms with E-state index in [9.17, 15) is 9.90 Å². The normalized spacial score (nSPS) is 21.5. The summed E-state index contributed by atoms with van der Waals surface area (Å²) in [5, 5.41) is 12.6. The Bertz CT molecular complexity index is 555. The highest BCUT2D eigenvalue weighted by atomic mass is 16.3. The van der Waals surface area contributed by atoms with Crippen molar-refractivity contribution in [3.05, 3.63) is 35.4 Å². The number of urea groups is 1. The number of likely N-dealkylation sites (tertiary alicyclic amines) is 1. The number of hydrogen-bond donors (Lipinski definition) is 2. The van der Waals surface area contributed by atoms with Gasteiger partial charge in [-0.05, 0) is 43.4 Å². The van der Waals surface area contributed by atoms with Crippen LogP contribution in [0.1, 0.15) is 43.4 Å². The van der Waals surface area contributed by atoms with Crippen LogP contribution in [0.3, 0.4) is 0 Å². The summed E-state index contributed by atoms with van der Waals surface area (Å²) in [6, 6.07) is 8.66. The van der Waals surface area contributed by atoms with Gasteiger partial charge in [0, 0.05) is 25.7 Å². The third kappa shape index (κ3) is 3.73. The SMILES string of the molecule is CCN1CCC(NC(=O)N(CCO)C2CCc3ccccc32)CC1. The van der Waals surface area contributed by atoms with Gasteiger partial charge in [0.15, 0.2) is 0 Å². The van der Waals surface area contributed by atoms with E-state index in [2.05, 4.69) is 35.3 Å². The number of aliphatic hydroxyl groups is 1. The van der Waals surface area contributed by atoms with Crippen molar-refractivity contribution in [2.75, 3.05) is 32.8 Å². The Morgan fingerprint density at radius 1 is 1.29 bits per heavy atom. The fraction of sp³-hybridized carbons (Fsp3) is 0.632. The maximum absolute atomic E-state index is 12.8. The van der Waals surface area contributed by atoms with Gasteiger partial charge in [-0.1, -0.05) is 31.2 Å². The number of piperidine rings is 1. The van der Waals surface area contributed by atoms with Gasteiger partial charge in [-0.15, -0.1) is 0 Å². The van der Waals surface area contributed by atoms with Gasteiger partial charge >= 0.3 is 6.03 Å². The molecule has 1 atom stereocenters. The fourth-order valence-corrected chi connectivity index (χ4v) is 4.02. The molecule has 5 heteroatoms. The predicted octanol–water partition coefficient (Wildman–Crippen LogP) is 2.16. The monoisotopic (exact) mass is 331 g/mol.